The highest BCUT2D eigenvalue weighted by Crippen LogP contribution is 2.26. The molecule has 1 aromatic carbocycles. The first-order valence-corrected chi connectivity index (χ1v) is 6.69. The number of carboxylic acids is 1. The Balaban J connectivity index is 2.26. The van der Waals surface area contributed by atoms with Crippen LogP contribution in [0.15, 0.2) is 6.07 Å². The number of carboxylic acid groups (broad SMARTS) is 1. The first-order valence-electron chi connectivity index (χ1n) is 5.54. The largest absolute Gasteiger partial charge is 0.480 e. The predicted octanol–water partition coefficient (Wildman–Crippen LogP) is 2.23. The van der Waals surface area contributed by atoms with Gasteiger partial charge in [0, 0.05) is 11.8 Å². The van der Waals surface area contributed by atoms with E-state index < -0.39 is 47.0 Å². The van der Waals surface area contributed by atoms with Crippen LogP contribution in [0.1, 0.15) is 0 Å². The molecule has 114 valence electrons. The normalized spacial score (nSPS) is 17.9. The standard InChI is InChI=1S/C11H8F4N2O3S/c12-4-1-5(13)8(15)9(7(4)14)16-11(20)17-3-21-2-6(17)10(18)19/h1,6H,2-3H2,(H,16,20)(H,18,19). The number of thioether (sulfide) groups is 1. The molecule has 2 rings (SSSR count). The summed E-state index contributed by atoms with van der Waals surface area (Å²) in [7, 11) is 0. The van der Waals surface area contributed by atoms with Crippen LogP contribution in [0, 0.1) is 23.3 Å². The molecule has 1 aliphatic heterocycles. The van der Waals surface area contributed by atoms with Crippen molar-refractivity contribution in [2.75, 3.05) is 16.9 Å². The van der Waals surface area contributed by atoms with Gasteiger partial charge in [0.05, 0.1) is 5.88 Å². The van der Waals surface area contributed by atoms with Crippen molar-refractivity contribution in [2.45, 2.75) is 6.04 Å². The predicted molar refractivity (Wildman–Crippen MR) is 65.9 cm³/mol. The Kier molecular flexibility index (Phi) is 4.26. The van der Waals surface area contributed by atoms with Gasteiger partial charge in [0.25, 0.3) is 0 Å². The Hall–Kier alpha value is -1.97. The van der Waals surface area contributed by atoms with Crippen molar-refractivity contribution < 1.29 is 32.3 Å². The van der Waals surface area contributed by atoms with Crippen molar-refractivity contribution in [3.63, 3.8) is 0 Å². The number of hydrogen-bond acceptors (Lipinski definition) is 3. The first kappa shape index (κ1) is 15.4. The zero-order valence-corrected chi connectivity index (χ0v) is 11.0. The Morgan fingerprint density at radius 1 is 1.24 bits per heavy atom. The molecule has 5 nitrogen and oxygen atoms in total. The second-order valence-corrected chi connectivity index (χ2v) is 5.10. The van der Waals surface area contributed by atoms with Crippen LogP contribution in [0.25, 0.3) is 0 Å². The number of anilines is 1. The van der Waals surface area contributed by atoms with Crippen molar-refractivity contribution in [1.29, 1.82) is 0 Å². The number of halogens is 4. The van der Waals surface area contributed by atoms with Crippen molar-refractivity contribution >= 4 is 29.4 Å². The van der Waals surface area contributed by atoms with Crippen LogP contribution in [-0.2, 0) is 4.79 Å². The van der Waals surface area contributed by atoms with Gasteiger partial charge in [-0.1, -0.05) is 0 Å². The smallest absolute Gasteiger partial charge is 0.327 e. The van der Waals surface area contributed by atoms with Crippen molar-refractivity contribution in [2.24, 2.45) is 0 Å². The fourth-order valence-corrected chi connectivity index (χ4v) is 2.85. The topological polar surface area (TPSA) is 69.6 Å². The van der Waals surface area contributed by atoms with E-state index in [2.05, 4.69) is 0 Å². The monoisotopic (exact) mass is 324 g/mol. The number of carbonyl (C=O) groups excluding carboxylic acids is 1. The van der Waals surface area contributed by atoms with Crippen LogP contribution in [-0.4, -0.2) is 39.7 Å². The van der Waals surface area contributed by atoms with E-state index in [1.165, 1.54) is 0 Å². The SMILES string of the molecule is O=C(O)C1CSCN1C(=O)Nc1c(F)c(F)cc(F)c1F. The molecule has 1 aromatic rings. The number of benzene rings is 1. The van der Waals surface area contributed by atoms with Gasteiger partial charge >= 0.3 is 12.0 Å². The fourth-order valence-electron chi connectivity index (χ4n) is 1.71. The molecule has 0 aromatic heterocycles. The van der Waals surface area contributed by atoms with Crippen LogP contribution in [0.5, 0.6) is 0 Å². The maximum absolute atomic E-state index is 13.4. The van der Waals surface area contributed by atoms with Crippen LogP contribution >= 0.6 is 11.8 Å². The molecule has 1 atom stereocenters. The Bertz CT molecular complexity index is 587. The summed E-state index contributed by atoms with van der Waals surface area (Å²) >= 11 is 1.12. The number of carbonyl (C=O) groups is 2. The zero-order chi connectivity index (χ0) is 15.7. The summed E-state index contributed by atoms with van der Waals surface area (Å²) in [6, 6.07) is -2.33. The van der Waals surface area contributed by atoms with Crippen molar-refractivity contribution in [3.8, 4) is 0 Å². The second-order valence-electron chi connectivity index (χ2n) is 4.10. The summed E-state index contributed by atoms with van der Waals surface area (Å²) in [5.41, 5.74) is -1.29. The van der Waals surface area contributed by atoms with E-state index in [0.29, 0.717) is 0 Å². The maximum atomic E-state index is 13.4. The second kappa shape index (κ2) is 5.80. The van der Waals surface area contributed by atoms with E-state index in [0.717, 1.165) is 16.7 Å². The summed E-state index contributed by atoms with van der Waals surface area (Å²) in [6.07, 6.45) is 0. The van der Waals surface area contributed by atoms with E-state index in [1.54, 1.807) is 5.32 Å². The molecule has 21 heavy (non-hydrogen) atoms. The molecule has 1 heterocycles. The highest BCUT2D eigenvalue weighted by atomic mass is 32.2. The van der Waals surface area contributed by atoms with E-state index in [-0.39, 0.29) is 17.7 Å². The van der Waals surface area contributed by atoms with Gasteiger partial charge in [-0.05, 0) is 0 Å². The van der Waals surface area contributed by atoms with E-state index >= 15 is 0 Å². The van der Waals surface area contributed by atoms with Gasteiger partial charge in [0.2, 0.25) is 0 Å². The molecule has 1 unspecified atom stereocenters. The first-order chi connectivity index (χ1) is 9.82. The molecule has 0 aliphatic carbocycles. The lowest BCUT2D eigenvalue weighted by atomic mass is 10.2. The van der Waals surface area contributed by atoms with Gasteiger partial charge in [0.1, 0.15) is 11.7 Å². The zero-order valence-electron chi connectivity index (χ0n) is 10.2. The lowest BCUT2D eigenvalue weighted by Crippen LogP contribution is -2.44. The number of rotatable bonds is 2. The van der Waals surface area contributed by atoms with Crippen molar-refractivity contribution in [1.82, 2.24) is 4.90 Å². The molecule has 0 spiro atoms. The number of hydrogen-bond donors (Lipinski definition) is 2. The number of nitrogens with zero attached hydrogens (tertiary/aromatic N) is 1. The van der Waals surface area contributed by atoms with Crippen LogP contribution in [0.4, 0.5) is 28.0 Å². The Morgan fingerprint density at radius 2 is 1.81 bits per heavy atom. The summed E-state index contributed by atoms with van der Waals surface area (Å²) in [5.74, 6) is -8.08. The van der Waals surface area contributed by atoms with Crippen LogP contribution in [0.3, 0.4) is 0 Å². The number of aliphatic carboxylic acids is 1. The van der Waals surface area contributed by atoms with Gasteiger partial charge in [-0.2, -0.15) is 0 Å². The lowest BCUT2D eigenvalue weighted by molar-refractivity contribution is -0.140. The molecular weight excluding hydrogens is 316 g/mol. The van der Waals surface area contributed by atoms with E-state index in [4.69, 9.17) is 5.11 Å². The molecule has 0 bridgehead atoms. The number of urea groups is 1. The van der Waals surface area contributed by atoms with Gasteiger partial charge in [0.15, 0.2) is 23.3 Å². The van der Waals surface area contributed by atoms with Crippen LogP contribution < -0.4 is 5.32 Å². The maximum Gasteiger partial charge on any atom is 0.327 e. The molecule has 2 N–H and O–H groups in total. The van der Waals surface area contributed by atoms with Gasteiger partial charge < -0.3 is 15.3 Å². The van der Waals surface area contributed by atoms with E-state index in [9.17, 15) is 27.2 Å². The fraction of sp³-hybridized carbons (Fsp3) is 0.273. The van der Waals surface area contributed by atoms with Crippen LogP contribution in [0.2, 0.25) is 0 Å². The average Bonchev–Trinajstić information content (AvgIpc) is 2.91. The lowest BCUT2D eigenvalue weighted by Gasteiger charge is -2.21. The summed E-state index contributed by atoms with van der Waals surface area (Å²) in [4.78, 5) is 23.5. The summed E-state index contributed by atoms with van der Waals surface area (Å²) in [5, 5.41) is 10.6. The summed E-state index contributed by atoms with van der Waals surface area (Å²) in [6.45, 7) is 0. The molecular formula is C11H8F4N2O3S. The quantitative estimate of drug-likeness (QED) is 0.647. The van der Waals surface area contributed by atoms with Crippen molar-refractivity contribution in [3.05, 3.63) is 29.3 Å². The molecule has 0 radical (unpaired) electrons. The average molecular weight is 324 g/mol. The molecule has 1 saturated heterocycles. The minimum absolute atomic E-state index is 0.00603. The summed E-state index contributed by atoms with van der Waals surface area (Å²) < 4.78 is 52.8. The third-order valence-corrected chi connectivity index (χ3v) is 3.78. The Labute approximate surface area is 119 Å². The van der Waals surface area contributed by atoms with Gasteiger partial charge in [-0.15, -0.1) is 11.8 Å². The molecule has 1 aliphatic rings. The number of amides is 2. The third kappa shape index (κ3) is 2.89. The highest BCUT2D eigenvalue weighted by molar-refractivity contribution is 7.99. The number of nitrogens with one attached hydrogen (secondary N) is 1. The highest BCUT2D eigenvalue weighted by Gasteiger charge is 2.35. The minimum atomic E-state index is -1.76. The van der Waals surface area contributed by atoms with Gasteiger partial charge in [-0.25, -0.2) is 27.2 Å². The molecule has 0 saturated carbocycles. The van der Waals surface area contributed by atoms with Gasteiger partial charge in [-0.3, -0.25) is 0 Å². The molecule has 10 heteroatoms. The minimum Gasteiger partial charge on any atom is -0.480 e. The Morgan fingerprint density at radius 3 is 2.33 bits per heavy atom. The third-order valence-electron chi connectivity index (χ3n) is 2.77. The van der Waals surface area contributed by atoms with E-state index in [1.807, 2.05) is 0 Å². The molecule has 1 fully saturated rings. The molecule has 2 amide bonds.